The summed E-state index contributed by atoms with van der Waals surface area (Å²) in [6.45, 7) is 8.17. The molecule has 0 rings (SSSR count). The standard InChI is InChI=1S/C44H85N5O11.H2/c1-3-4-5-6-7-8-9-10-11-12-13-14-15-16-17-21-41(51)47-23-26-55-29-33-59-37-43(53)49-25-28-57-31-34-60-38-44(54)48-24-27-56-30-32-58-36-42(52)46-22-19-18-20-39(2)40(50)35-45;/h39H,3-38,45H2,1-2H3,(H,46,52)(H,47,51)(H,48,54)(H,49,53);1H/t39-;/m0./s1. The molecule has 0 heterocycles. The molecule has 1 atom stereocenters. The zero-order valence-corrected chi connectivity index (χ0v) is 37.6. The molecule has 0 aliphatic heterocycles. The molecule has 0 aliphatic carbocycles. The monoisotopic (exact) mass is 862 g/mol. The number of rotatable bonds is 47. The van der Waals surface area contributed by atoms with Crippen LogP contribution < -0.4 is 27.0 Å². The van der Waals surface area contributed by atoms with Crippen molar-refractivity contribution >= 4 is 29.4 Å². The van der Waals surface area contributed by atoms with Gasteiger partial charge in [-0.2, -0.15) is 0 Å². The molecule has 0 spiro atoms. The number of nitrogens with two attached hydrogens (primary N) is 1. The number of unbranched alkanes of at least 4 members (excludes halogenated alkanes) is 15. The summed E-state index contributed by atoms with van der Waals surface area (Å²) in [4.78, 5) is 59.1. The van der Waals surface area contributed by atoms with Gasteiger partial charge in [-0.05, 0) is 19.3 Å². The van der Waals surface area contributed by atoms with Crippen LogP contribution >= 0.6 is 0 Å². The number of amides is 4. The molecule has 16 nitrogen and oxygen atoms in total. The normalized spacial score (nSPS) is 11.7. The zero-order chi connectivity index (χ0) is 44.0. The Bertz CT molecular complexity index is 1050. The second-order valence-corrected chi connectivity index (χ2v) is 15.2. The number of carbonyl (C=O) groups is 5. The summed E-state index contributed by atoms with van der Waals surface area (Å²) in [6, 6.07) is 0. The molecule has 0 unspecified atom stereocenters. The fraction of sp³-hybridized carbons (Fsp3) is 0.886. The van der Waals surface area contributed by atoms with Gasteiger partial charge in [0.25, 0.3) is 0 Å². The van der Waals surface area contributed by atoms with Crippen LogP contribution in [-0.2, 0) is 52.4 Å². The third-order valence-electron chi connectivity index (χ3n) is 9.67. The number of nitrogens with one attached hydrogen (secondary N) is 4. The molecule has 0 saturated carbocycles. The van der Waals surface area contributed by atoms with Crippen LogP contribution in [0.5, 0.6) is 0 Å². The first kappa shape index (κ1) is 57.3. The predicted octanol–water partition coefficient (Wildman–Crippen LogP) is 4.39. The second-order valence-electron chi connectivity index (χ2n) is 15.2. The smallest absolute Gasteiger partial charge is 0.246 e. The Morgan fingerprint density at radius 1 is 0.433 bits per heavy atom. The third-order valence-corrected chi connectivity index (χ3v) is 9.67. The van der Waals surface area contributed by atoms with E-state index in [1.807, 2.05) is 6.92 Å². The van der Waals surface area contributed by atoms with Crippen molar-refractivity contribution in [1.82, 2.24) is 21.3 Å². The summed E-state index contributed by atoms with van der Waals surface area (Å²) >= 11 is 0. The average Bonchev–Trinajstić information content (AvgIpc) is 3.24. The van der Waals surface area contributed by atoms with E-state index in [0.717, 1.165) is 32.1 Å². The highest BCUT2D eigenvalue weighted by atomic mass is 16.5. The molecule has 0 bridgehead atoms. The molecule has 0 saturated heterocycles. The van der Waals surface area contributed by atoms with Crippen molar-refractivity contribution in [2.75, 3.05) is 112 Å². The van der Waals surface area contributed by atoms with Gasteiger partial charge < -0.3 is 55.4 Å². The minimum absolute atomic E-state index is 0. The van der Waals surface area contributed by atoms with Gasteiger partial charge in [0.15, 0.2) is 0 Å². The number of carbonyl (C=O) groups excluding carboxylic acids is 5. The lowest BCUT2D eigenvalue weighted by molar-refractivity contribution is -0.127. The van der Waals surface area contributed by atoms with Crippen molar-refractivity contribution in [3.8, 4) is 0 Å². The summed E-state index contributed by atoms with van der Waals surface area (Å²) in [7, 11) is 0. The fourth-order valence-electron chi connectivity index (χ4n) is 6.01. The molecule has 0 aliphatic rings. The van der Waals surface area contributed by atoms with E-state index in [-0.39, 0.29) is 96.2 Å². The molecule has 60 heavy (non-hydrogen) atoms. The minimum atomic E-state index is -0.280. The van der Waals surface area contributed by atoms with Crippen molar-refractivity contribution in [2.24, 2.45) is 11.7 Å². The first-order valence-corrected chi connectivity index (χ1v) is 23.1. The van der Waals surface area contributed by atoms with Crippen LogP contribution in [0.2, 0.25) is 0 Å². The molecule has 0 aromatic carbocycles. The number of hydrogen-bond acceptors (Lipinski definition) is 12. The Morgan fingerprint density at radius 2 is 0.783 bits per heavy atom. The average molecular weight is 862 g/mol. The summed E-state index contributed by atoms with van der Waals surface area (Å²) < 4.78 is 32.2. The maximum absolute atomic E-state index is 12.0. The van der Waals surface area contributed by atoms with Gasteiger partial charge in [0.1, 0.15) is 25.6 Å². The summed E-state index contributed by atoms with van der Waals surface area (Å²) in [6.07, 6.45) is 22.5. The fourth-order valence-corrected chi connectivity index (χ4v) is 6.01. The predicted molar refractivity (Wildman–Crippen MR) is 236 cm³/mol. The largest absolute Gasteiger partial charge is 0.377 e. The molecule has 6 N–H and O–H groups in total. The minimum Gasteiger partial charge on any atom is -0.377 e. The molecule has 0 radical (unpaired) electrons. The van der Waals surface area contributed by atoms with Gasteiger partial charge in [-0.1, -0.05) is 110 Å². The van der Waals surface area contributed by atoms with Gasteiger partial charge in [-0.25, -0.2) is 0 Å². The van der Waals surface area contributed by atoms with E-state index in [0.29, 0.717) is 59.0 Å². The van der Waals surface area contributed by atoms with Crippen LogP contribution in [0.4, 0.5) is 0 Å². The molecule has 0 aromatic heterocycles. The number of ketones is 1. The molecule has 0 aromatic rings. The van der Waals surface area contributed by atoms with E-state index in [4.69, 9.17) is 34.2 Å². The highest BCUT2D eigenvalue weighted by Crippen LogP contribution is 2.14. The Morgan fingerprint density at radius 3 is 1.18 bits per heavy atom. The molecule has 4 amide bonds. The number of ether oxygens (including phenoxy) is 6. The quantitative estimate of drug-likeness (QED) is 0.0539. The Hall–Kier alpha value is -2.73. The summed E-state index contributed by atoms with van der Waals surface area (Å²) in [5.41, 5.74) is 5.36. The van der Waals surface area contributed by atoms with Gasteiger partial charge in [0, 0.05) is 39.9 Å². The van der Waals surface area contributed by atoms with E-state index in [9.17, 15) is 24.0 Å². The maximum atomic E-state index is 12.0. The summed E-state index contributed by atoms with van der Waals surface area (Å²) in [5, 5.41) is 11.0. The van der Waals surface area contributed by atoms with E-state index in [2.05, 4.69) is 28.2 Å². The highest BCUT2D eigenvalue weighted by Gasteiger charge is 2.10. The van der Waals surface area contributed by atoms with Crippen LogP contribution in [0.1, 0.15) is 137 Å². The molecule has 16 heteroatoms. The SMILES string of the molecule is CCCCCCCCCCCCCCCCCC(=O)NCCOCCOCC(=O)NCCOCCOCC(=O)NCCOCCOCC(=O)NCCCC[C@H](C)C(=O)CN.[HH]. The number of Topliss-reactive ketones (excluding diaryl/α,β-unsaturated/α-hetero) is 1. The van der Waals surface area contributed by atoms with Crippen molar-refractivity contribution in [3.05, 3.63) is 0 Å². The van der Waals surface area contributed by atoms with Crippen LogP contribution in [0.15, 0.2) is 0 Å². The van der Waals surface area contributed by atoms with Crippen LogP contribution in [0.25, 0.3) is 0 Å². The second kappa shape index (κ2) is 45.8. The van der Waals surface area contributed by atoms with E-state index in [1.54, 1.807) is 0 Å². The van der Waals surface area contributed by atoms with Crippen LogP contribution in [0.3, 0.4) is 0 Å². The van der Waals surface area contributed by atoms with E-state index in [1.165, 1.54) is 83.5 Å². The van der Waals surface area contributed by atoms with Crippen molar-refractivity contribution in [1.29, 1.82) is 0 Å². The lowest BCUT2D eigenvalue weighted by Gasteiger charge is -2.10. The molecular formula is C44H87N5O11. The zero-order valence-electron chi connectivity index (χ0n) is 37.6. The van der Waals surface area contributed by atoms with Gasteiger partial charge in [-0.3, -0.25) is 24.0 Å². The van der Waals surface area contributed by atoms with Gasteiger partial charge in [0.2, 0.25) is 23.6 Å². The maximum Gasteiger partial charge on any atom is 0.246 e. The highest BCUT2D eigenvalue weighted by molar-refractivity contribution is 5.82. The summed E-state index contributed by atoms with van der Waals surface area (Å²) in [5.74, 6) is -0.681. The Kier molecular flexibility index (Phi) is 43.7. The molecule has 0 fully saturated rings. The van der Waals surface area contributed by atoms with Crippen LogP contribution in [0, 0.1) is 5.92 Å². The first-order valence-electron chi connectivity index (χ1n) is 23.1. The first-order chi connectivity index (χ1) is 29.3. The Labute approximate surface area is 363 Å². The van der Waals surface area contributed by atoms with Gasteiger partial charge in [0.05, 0.1) is 66.0 Å². The van der Waals surface area contributed by atoms with Crippen molar-refractivity contribution in [2.45, 2.75) is 136 Å². The van der Waals surface area contributed by atoms with Gasteiger partial charge >= 0.3 is 0 Å². The molecular weight excluding hydrogens is 775 g/mol. The van der Waals surface area contributed by atoms with Gasteiger partial charge in [-0.15, -0.1) is 0 Å². The molecule has 354 valence electrons. The Balaban J connectivity index is 0. The van der Waals surface area contributed by atoms with Crippen molar-refractivity contribution in [3.63, 3.8) is 0 Å². The van der Waals surface area contributed by atoms with E-state index >= 15 is 0 Å². The lowest BCUT2D eigenvalue weighted by atomic mass is 9.99. The van der Waals surface area contributed by atoms with Crippen molar-refractivity contribution < 1.29 is 53.8 Å². The van der Waals surface area contributed by atoms with Crippen LogP contribution in [-0.4, -0.2) is 141 Å². The third kappa shape index (κ3) is 43.4. The number of hydrogen-bond donors (Lipinski definition) is 5. The van der Waals surface area contributed by atoms with E-state index < -0.39 is 0 Å². The topological polar surface area (TPSA) is 215 Å². The lowest BCUT2D eigenvalue weighted by Crippen LogP contribution is -2.32.